The van der Waals surface area contributed by atoms with Gasteiger partial charge in [0.05, 0.1) is 18.2 Å². The van der Waals surface area contributed by atoms with Crippen molar-refractivity contribution >= 4 is 5.57 Å². The van der Waals surface area contributed by atoms with Crippen molar-refractivity contribution in [3.8, 4) is 6.07 Å². The van der Waals surface area contributed by atoms with Crippen molar-refractivity contribution in [1.82, 2.24) is 5.16 Å². The first kappa shape index (κ1) is 17.3. The van der Waals surface area contributed by atoms with Crippen LogP contribution >= 0.6 is 0 Å². The fourth-order valence-electron chi connectivity index (χ4n) is 3.72. The molecule has 3 aromatic rings. The number of allylic oxidation sites excluding steroid dienone is 1. The summed E-state index contributed by atoms with van der Waals surface area (Å²) in [6, 6.07) is 22.8. The predicted molar refractivity (Wildman–Crippen MR) is 106 cm³/mol. The van der Waals surface area contributed by atoms with Gasteiger partial charge in [-0.1, -0.05) is 72.4 Å². The smallest absolute Gasteiger partial charge is 0.147 e. The molecule has 0 aliphatic heterocycles. The third-order valence-electron chi connectivity index (χ3n) is 5.32. The van der Waals surface area contributed by atoms with E-state index in [0.717, 1.165) is 40.9 Å². The number of hydrogen-bond acceptors (Lipinski definition) is 3. The van der Waals surface area contributed by atoms with Gasteiger partial charge < -0.3 is 4.52 Å². The highest BCUT2D eigenvalue weighted by Gasteiger charge is 2.32. The van der Waals surface area contributed by atoms with Crippen LogP contribution in [0, 0.1) is 11.3 Å². The zero-order valence-corrected chi connectivity index (χ0v) is 15.2. The first-order valence-electron chi connectivity index (χ1n) is 9.40. The lowest BCUT2D eigenvalue weighted by Crippen LogP contribution is -2.11. The third-order valence-corrected chi connectivity index (χ3v) is 5.32. The Morgan fingerprint density at radius 3 is 2.30 bits per heavy atom. The van der Waals surface area contributed by atoms with Crippen molar-refractivity contribution in [1.29, 1.82) is 5.26 Å². The second-order valence-corrected chi connectivity index (χ2v) is 7.22. The van der Waals surface area contributed by atoms with E-state index in [9.17, 15) is 5.26 Å². The molecule has 2 aromatic carbocycles. The number of benzene rings is 2. The van der Waals surface area contributed by atoms with Gasteiger partial charge in [-0.2, -0.15) is 5.26 Å². The molecule has 1 aliphatic rings. The average Bonchev–Trinajstić information content (AvgIpc) is 3.45. The van der Waals surface area contributed by atoms with Crippen LogP contribution in [0.25, 0.3) is 5.57 Å². The van der Waals surface area contributed by atoms with E-state index in [2.05, 4.69) is 29.9 Å². The predicted octanol–water partition coefficient (Wildman–Crippen LogP) is 6.05. The molecule has 1 saturated carbocycles. The Balaban J connectivity index is 1.67. The molecule has 0 spiro atoms. The molecular weight excluding hydrogens is 332 g/mol. The van der Waals surface area contributed by atoms with Crippen molar-refractivity contribution in [2.24, 2.45) is 0 Å². The molecule has 1 heterocycles. The zero-order chi connectivity index (χ0) is 18.6. The summed E-state index contributed by atoms with van der Waals surface area (Å²) in [5, 5.41) is 14.0. The van der Waals surface area contributed by atoms with Crippen LogP contribution < -0.4 is 0 Å². The number of aromatic nitrogens is 1. The molecule has 0 N–H and O–H groups in total. The fraction of sp³-hybridized carbons (Fsp3) is 0.250. The maximum Gasteiger partial charge on any atom is 0.147 e. The van der Waals surface area contributed by atoms with Gasteiger partial charge >= 0.3 is 0 Å². The SMILES string of the molecule is C=C(CC(c1ccccc1)C(C#N)c1ccccc1)c1cnoc1C1CC1. The van der Waals surface area contributed by atoms with E-state index in [1.807, 2.05) is 48.5 Å². The van der Waals surface area contributed by atoms with Gasteiger partial charge in [-0.05, 0) is 36.0 Å². The summed E-state index contributed by atoms with van der Waals surface area (Å²) in [6.07, 6.45) is 4.78. The fourth-order valence-corrected chi connectivity index (χ4v) is 3.72. The first-order valence-corrected chi connectivity index (χ1v) is 9.40. The minimum Gasteiger partial charge on any atom is -0.360 e. The Morgan fingerprint density at radius 1 is 1.07 bits per heavy atom. The van der Waals surface area contributed by atoms with Crippen LogP contribution in [0.4, 0.5) is 0 Å². The third kappa shape index (κ3) is 3.71. The summed E-state index contributed by atoms with van der Waals surface area (Å²) >= 11 is 0. The lowest BCUT2D eigenvalue weighted by molar-refractivity contribution is 0.384. The molecule has 3 heteroatoms. The molecule has 2 atom stereocenters. The second kappa shape index (κ2) is 7.63. The van der Waals surface area contributed by atoms with Gasteiger partial charge in [-0.15, -0.1) is 0 Å². The lowest BCUT2D eigenvalue weighted by Gasteiger charge is -2.24. The van der Waals surface area contributed by atoms with Gasteiger partial charge in [0.1, 0.15) is 5.76 Å². The van der Waals surface area contributed by atoms with Crippen molar-refractivity contribution < 1.29 is 4.52 Å². The normalized spacial score (nSPS) is 15.7. The summed E-state index contributed by atoms with van der Waals surface area (Å²) in [6.45, 7) is 4.33. The van der Waals surface area contributed by atoms with Gasteiger partial charge in [0.15, 0.2) is 0 Å². The van der Waals surface area contributed by atoms with E-state index in [-0.39, 0.29) is 11.8 Å². The maximum atomic E-state index is 10.00. The molecule has 1 aliphatic carbocycles. The quantitative estimate of drug-likeness (QED) is 0.519. The molecular formula is C24H22N2O. The Kier molecular flexibility index (Phi) is 4.89. The number of nitrogens with zero attached hydrogens (tertiary/aromatic N) is 2. The number of hydrogen-bond donors (Lipinski definition) is 0. The molecule has 27 heavy (non-hydrogen) atoms. The van der Waals surface area contributed by atoms with E-state index in [1.54, 1.807) is 6.20 Å². The second-order valence-electron chi connectivity index (χ2n) is 7.22. The minimum atomic E-state index is -0.241. The van der Waals surface area contributed by atoms with E-state index >= 15 is 0 Å². The van der Waals surface area contributed by atoms with Crippen molar-refractivity contribution in [2.75, 3.05) is 0 Å². The molecule has 4 rings (SSSR count). The minimum absolute atomic E-state index is 0.0213. The van der Waals surface area contributed by atoms with E-state index in [0.29, 0.717) is 12.3 Å². The molecule has 0 amide bonds. The van der Waals surface area contributed by atoms with Gasteiger partial charge in [-0.25, -0.2) is 0 Å². The van der Waals surface area contributed by atoms with Crippen LogP contribution in [0.1, 0.15) is 59.5 Å². The summed E-state index contributed by atoms with van der Waals surface area (Å²) in [7, 11) is 0. The van der Waals surface area contributed by atoms with E-state index < -0.39 is 0 Å². The van der Waals surface area contributed by atoms with E-state index in [1.165, 1.54) is 0 Å². The first-order chi connectivity index (χ1) is 13.3. The molecule has 0 saturated heterocycles. The van der Waals surface area contributed by atoms with Crippen LogP contribution in [-0.4, -0.2) is 5.16 Å². The van der Waals surface area contributed by atoms with Crippen LogP contribution in [0.3, 0.4) is 0 Å². The van der Waals surface area contributed by atoms with Gasteiger partial charge in [0.2, 0.25) is 0 Å². The summed E-state index contributed by atoms with van der Waals surface area (Å²) in [4.78, 5) is 0. The van der Waals surface area contributed by atoms with Gasteiger partial charge in [0.25, 0.3) is 0 Å². The highest BCUT2D eigenvalue weighted by atomic mass is 16.5. The Hall–Kier alpha value is -3.12. The monoisotopic (exact) mass is 354 g/mol. The standard InChI is InChI=1S/C24H22N2O/c1-17(23-16-26-27-24(23)20-12-13-20)14-21(18-8-4-2-5-9-18)22(15-25)19-10-6-3-7-11-19/h2-11,16,20-22H,1,12-14H2. The summed E-state index contributed by atoms with van der Waals surface area (Å²) in [5.41, 5.74) is 4.19. The van der Waals surface area contributed by atoms with Crippen molar-refractivity contribution in [2.45, 2.75) is 37.0 Å². The van der Waals surface area contributed by atoms with Gasteiger partial charge in [-0.3, -0.25) is 0 Å². The molecule has 134 valence electrons. The molecule has 2 unspecified atom stereocenters. The largest absolute Gasteiger partial charge is 0.360 e. The summed E-state index contributed by atoms with van der Waals surface area (Å²) in [5.74, 6) is 1.22. The topological polar surface area (TPSA) is 49.8 Å². The van der Waals surface area contributed by atoms with Crippen LogP contribution in [0.15, 0.2) is 78.0 Å². The number of nitriles is 1. The Bertz CT molecular complexity index is 949. The molecule has 0 bridgehead atoms. The van der Waals surface area contributed by atoms with Crippen LogP contribution in [0.5, 0.6) is 0 Å². The van der Waals surface area contributed by atoms with Crippen molar-refractivity contribution in [3.05, 3.63) is 95.9 Å². The van der Waals surface area contributed by atoms with E-state index in [4.69, 9.17) is 4.52 Å². The lowest BCUT2D eigenvalue weighted by atomic mass is 9.78. The Labute approximate surface area is 159 Å². The molecule has 1 aromatic heterocycles. The molecule has 0 radical (unpaired) electrons. The average molecular weight is 354 g/mol. The highest BCUT2D eigenvalue weighted by molar-refractivity contribution is 5.66. The van der Waals surface area contributed by atoms with Crippen molar-refractivity contribution in [3.63, 3.8) is 0 Å². The van der Waals surface area contributed by atoms with Crippen LogP contribution in [0.2, 0.25) is 0 Å². The zero-order valence-electron chi connectivity index (χ0n) is 15.2. The van der Waals surface area contributed by atoms with Gasteiger partial charge in [0, 0.05) is 17.4 Å². The highest BCUT2D eigenvalue weighted by Crippen LogP contribution is 2.45. The maximum absolute atomic E-state index is 10.00. The summed E-state index contributed by atoms with van der Waals surface area (Å²) < 4.78 is 5.49. The Morgan fingerprint density at radius 2 is 1.70 bits per heavy atom. The molecule has 3 nitrogen and oxygen atoms in total. The molecule has 1 fully saturated rings. The van der Waals surface area contributed by atoms with Crippen LogP contribution in [-0.2, 0) is 0 Å². The number of rotatable bonds is 7.